The molecule has 1 aliphatic heterocycles. The Balaban J connectivity index is 2.14. The van der Waals surface area contributed by atoms with Crippen molar-refractivity contribution < 1.29 is 14.6 Å². The van der Waals surface area contributed by atoms with Gasteiger partial charge in [-0.15, -0.1) is 0 Å². The van der Waals surface area contributed by atoms with Crippen molar-refractivity contribution in [1.29, 1.82) is 0 Å². The molecular formula is C16H24O3. The van der Waals surface area contributed by atoms with Gasteiger partial charge in [0.05, 0.1) is 6.10 Å². The molecule has 1 heterocycles. The second-order valence-corrected chi connectivity index (χ2v) is 7.26. The molecule has 0 aromatic carbocycles. The Morgan fingerprint density at radius 3 is 2.74 bits per heavy atom. The zero-order chi connectivity index (χ0) is 14.0. The molecule has 3 aliphatic rings. The van der Waals surface area contributed by atoms with E-state index in [0.29, 0.717) is 18.3 Å². The summed E-state index contributed by atoms with van der Waals surface area (Å²) in [6.45, 7) is 8.67. The molecular weight excluding hydrogens is 240 g/mol. The lowest BCUT2D eigenvalue weighted by Gasteiger charge is -2.57. The Morgan fingerprint density at radius 1 is 1.42 bits per heavy atom. The van der Waals surface area contributed by atoms with Crippen LogP contribution >= 0.6 is 0 Å². The van der Waals surface area contributed by atoms with Crippen LogP contribution in [0, 0.1) is 22.7 Å². The number of aliphatic hydroxyl groups excluding tert-OH is 1. The molecule has 0 aromatic heterocycles. The monoisotopic (exact) mass is 264 g/mol. The van der Waals surface area contributed by atoms with Crippen molar-refractivity contribution in [3.05, 3.63) is 11.6 Å². The van der Waals surface area contributed by atoms with Gasteiger partial charge < -0.3 is 9.84 Å². The van der Waals surface area contributed by atoms with Crippen LogP contribution in [0.2, 0.25) is 0 Å². The van der Waals surface area contributed by atoms with Gasteiger partial charge in [0.25, 0.3) is 0 Å². The molecule has 2 fully saturated rings. The van der Waals surface area contributed by atoms with E-state index in [1.807, 2.05) is 6.08 Å². The van der Waals surface area contributed by atoms with Gasteiger partial charge in [-0.25, -0.2) is 4.79 Å². The summed E-state index contributed by atoms with van der Waals surface area (Å²) in [5, 5.41) is 10.5. The normalized spacial score (nSPS) is 48.8. The van der Waals surface area contributed by atoms with Crippen LogP contribution in [-0.4, -0.2) is 23.3 Å². The molecule has 0 amide bonds. The average molecular weight is 264 g/mol. The highest BCUT2D eigenvalue weighted by Crippen LogP contribution is 2.65. The molecule has 106 valence electrons. The zero-order valence-corrected chi connectivity index (χ0v) is 12.3. The average Bonchev–Trinajstić information content (AvgIpc) is 2.58. The maximum absolute atomic E-state index is 12.2. The van der Waals surface area contributed by atoms with Gasteiger partial charge in [0, 0.05) is 16.4 Å². The lowest BCUT2D eigenvalue weighted by molar-refractivity contribution is -0.161. The maximum Gasteiger partial charge on any atom is 0.334 e. The van der Waals surface area contributed by atoms with E-state index in [2.05, 4.69) is 27.7 Å². The van der Waals surface area contributed by atoms with Gasteiger partial charge in [0.2, 0.25) is 0 Å². The van der Waals surface area contributed by atoms with Gasteiger partial charge in [-0.3, -0.25) is 0 Å². The molecule has 2 aliphatic carbocycles. The van der Waals surface area contributed by atoms with E-state index in [1.165, 1.54) is 0 Å². The van der Waals surface area contributed by atoms with Crippen molar-refractivity contribution in [2.75, 3.05) is 0 Å². The van der Waals surface area contributed by atoms with E-state index in [0.717, 1.165) is 18.4 Å². The van der Waals surface area contributed by atoms with Crippen LogP contribution < -0.4 is 0 Å². The Hall–Kier alpha value is -0.830. The zero-order valence-electron chi connectivity index (χ0n) is 12.3. The van der Waals surface area contributed by atoms with Gasteiger partial charge in [-0.1, -0.05) is 33.8 Å². The molecule has 0 bridgehead atoms. The maximum atomic E-state index is 12.2. The first-order valence-electron chi connectivity index (χ1n) is 7.42. The quantitative estimate of drug-likeness (QED) is 0.741. The minimum absolute atomic E-state index is 0.0695. The van der Waals surface area contributed by atoms with E-state index in [9.17, 15) is 9.90 Å². The third-order valence-electron chi connectivity index (χ3n) is 6.29. The topological polar surface area (TPSA) is 46.5 Å². The van der Waals surface area contributed by atoms with Crippen molar-refractivity contribution in [2.24, 2.45) is 22.7 Å². The van der Waals surface area contributed by atoms with Crippen molar-refractivity contribution >= 4 is 5.97 Å². The first kappa shape index (κ1) is 13.2. The number of carbonyl (C=O) groups excluding carboxylic acids is 1. The molecule has 1 N–H and O–H groups in total. The molecule has 3 nitrogen and oxygen atoms in total. The van der Waals surface area contributed by atoms with Gasteiger partial charge in [0.15, 0.2) is 0 Å². The summed E-state index contributed by atoms with van der Waals surface area (Å²) >= 11 is 0. The van der Waals surface area contributed by atoms with Gasteiger partial charge in [-0.05, 0) is 31.1 Å². The van der Waals surface area contributed by atoms with Crippen LogP contribution in [0.3, 0.4) is 0 Å². The highest BCUT2D eigenvalue weighted by molar-refractivity contribution is 5.93. The molecule has 3 rings (SSSR count). The lowest BCUT2D eigenvalue weighted by Crippen LogP contribution is -2.58. The van der Waals surface area contributed by atoms with Gasteiger partial charge in [0.1, 0.15) is 6.10 Å². The fourth-order valence-corrected chi connectivity index (χ4v) is 4.67. The first-order chi connectivity index (χ1) is 8.82. The number of aliphatic hydroxyl groups is 1. The Bertz CT molecular complexity index is 453. The van der Waals surface area contributed by atoms with E-state index < -0.39 is 0 Å². The molecule has 19 heavy (non-hydrogen) atoms. The van der Waals surface area contributed by atoms with Crippen LogP contribution in [0.15, 0.2) is 11.6 Å². The van der Waals surface area contributed by atoms with Gasteiger partial charge in [-0.2, -0.15) is 0 Å². The third-order valence-corrected chi connectivity index (χ3v) is 6.29. The van der Waals surface area contributed by atoms with E-state index in [-0.39, 0.29) is 29.0 Å². The molecule has 0 radical (unpaired) electrons. The Kier molecular flexibility index (Phi) is 2.66. The second kappa shape index (κ2) is 3.85. The minimum atomic E-state index is -0.369. The first-order valence-corrected chi connectivity index (χ1v) is 7.42. The predicted octanol–water partition coefficient (Wildman–Crippen LogP) is 2.68. The standard InChI is InChI=1S/C16H24O3/c1-9(2)10-7-8-15(3)12(17)6-5-11-14(18)19-13(10)16(11,15)4/h5,9-10,12-13,17H,6-8H2,1-4H3/t10-,12+,13-,15-,16+/m0/s1. The summed E-state index contributed by atoms with van der Waals surface area (Å²) in [7, 11) is 0. The molecule has 3 heteroatoms. The fraction of sp³-hybridized carbons (Fsp3) is 0.812. The van der Waals surface area contributed by atoms with Crippen molar-refractivity contribution in [3.8, 4) is 0 Å². The number of hydrogen-bond acceptors (Lipinski definition) is 3. The SMILES string of the molecule is CC(C)[C@@H]1CC[C@@]2(C)[C@H](O)CC=C3C(=O)O[C@@H]1[C@@]32C. The lowest BCUT2D eigenvalue weighted by atomic mass is 9.47. The number of ether oxygens (including phenoxy) is 1. The largest absolute Gasteiger partial charge is 0.458 e. The van der Waals surface area contributed by atoms with Crippen LogP contribution in [0.5, 0.6) is 0 Å². The summed E-state index contributed by atoms with van der Waals surface area (Å²) in [5.74, 6) is 0.744. The van der Waals surface area contributed by atoms with Crippen LogP contribution in [0.4, 0.5) is 0 Å². The van der Waals surface area contributed by atoms with Crippen molar-refractivity contribution in [3.63, 3.8) is 0 Å². The third kappa shape index (κ3) is 1.40. The molecule has 1 saturated carbocycles. The highest BCUT2D eigenvalue weighted by Gasteiger charge is 2.67. The molecule has 5 atom stereocenters. The molecule has 1 saturated heterocycles. The minimum Gasteiger partial charge on any atom is -0.458 e. The summed E-state index contributed by atoms with van der Waals surface area (Å²) in [4.78, 5) is 12.2. The molecule has 0 spiro atoms. The number of hydrogen-bond donors (Lipinski definition) is 1. The Morgan fingerprint density at radius 2 is 2.11 bits per heavy atom. The van der Waals surface area contributed by atoms with Crippen LogP contribution in [-0.2, 0) is 9.53 Å². The number of rotatable bonds is 1. The molecule has 0 unspecified atom stereocenters. The van der Waals surface area contributed by atoms with Crippen LogP contribution in [0.25, 0.3) is 0 Å². The number of carbonyl (C=O) groups is 1. The summed E-state index contributed by atoms with van der Waals surface area (Å²) in [6.07, 6.45) is 4.06. The number of esters is 1. The van der Waals surface area contributed by atoms with Gasteiger partial charge >= 0.3 is 5.97 Å². The van der Waals surface area contributed by atoms with E-state index >= 15 is 0 Å². The second-order valence-electron chi connectivity index (χ2n) is 7.26. The predicted molar refractivity (Wildman–Crippen MR) is 72.4 cm³/mol. The van der Waals surface area contributed by atoms with E-state index in [4.69, 9.17) is 4.74 Å². The van der Waals surface area contributed by atoms with Crippen LogP contribution in [0.1, 0.15) is 47.0 Å². The highest BCUT2D eigenvalue weighted by atomic mass is 16.6. The van der Waals surface area contributed by atoms with E-state index in [1.54, 1.807) is 0 Å². The summed E-state index contributed by atoms with van der Waals surface area (Å²) in [5.41, 5.74) is 0.254. The Labute approximate surface area is 115 Å². The fourth-order valence-electron chi connectivity index (χ4n) is 4.67. The summed E-state index contributed by atoms with van der Waals surface area (Å²) < 4.78 is 5.75. The smallest absolute Gasteiger partial charge is 0.334 e. The van der Waals surface area contributed by atoms with Crippen molar-refractivity contribution in [2.45, 2.75) is 59.2 Å². The van der Waals surface area contributed by atoms with Crippen molar-refractivity contribution in [1.82, 2.24) is 0 Å². The summed E-state index contributed by atoms with van der Waals surface area (Å²) in [6, 6.07) is 0. The molecule has 0 aromatic rings.